The molecule has 1 unspecified atom stereocenters. The molecule has 0 fully saturated rings. The summed E-state index contributed by atoms with van der Waals surface area (Å²) in [6.07, 6.45) is 0. The normalized spacial score (nSPS) is 12.6. The van der Waals surface area contributed by atoms with E-state index < -0.39 is 0 Å². The molecule has 0 radical (unpaired) electrons. The molecule has 0 aliphatic rings. The molecule has 0 heterocycles. The fraction of sp³-hybridized carbons (Fsp3) is 0.286. The van der Waals surface area contributed by atoms with Gasteiger partial charge in [-0.15, -0.1) is 0 Å². The van der Waals surface area contributed by atoms with E-state index in [4.69, 9.17) is 10.5 Å². The van der Waals surface area contributed by atoms with Crippen LogP contribution in [0.1, 0.15) is 18.4 Å². The highest BCUT2D eigenvalue weighted by atomic mass is 16.5. The molecule has 2 aromatic rings. The van der Waals surface area contributed by atoms with E-state index in [0.717, 1.165) is 22.1 Å². The molecule has 1 atom stereocenters. The molecule has 3 heteroatoms. The molecule has 0 bridgehead atoms. The summed E-state index contributed by atoms with van der Waals surface area (Å²) < 4.78 is 5.27. The van der Waals surface area contributed by atoms with Crippen LogP contribution in [-0.2, 0) is 0 Å². The summed E-state index contributed by atoms with van der Waals surface area (Å²) in [6, 6.07) is 9.53. The third-order valence-corrected chi connectivity index (χ3v) is 3.13. The van der Waals surface area contributed by atoms with Gasteiger partial charge in [0.15, 0.2) is 0 Å². The molecule has 17 heavy (non-hydrogen) atoms. The zero-order valence-corrected chi connectivity index (χ0v) is 10.1. The Morgan fingerprint density at radius 2 is 2.00 bits per heavy atom. The Hall–Kier alpha value is -1.74. The molecule has 0 saturated heterocycles. The van der Waals surface area contributed by atoms with E-state index in [1.807, 2.05) is 37.3 Å². The monoisotopic (exact) mass is 231 g/mol. The Bertz CT molecular complexity index is 537. The van der Waals surface area contributed by atoms with Crippen molar-refractivity contribution in [3.05, 3.63) is 35.9 Å². The smallest absolute Gasteiger partial charge is 0.127 e. The van der Waals surface area contributed by atoms with Gasteiger partial charge < -0.3 is 15.6 Å². The molecule has 2 aromatic carbocycles. The quantitative estimate of drug-likeness (QED) is 0.853. The van der Waals surface area contributed by atoms with E-state index >= 15 is 0 Å². The second-order valence-electron chi connectivity index (χ2n) is 4.20. The van der Waals surface area contributed by atoms with Crippen LogP contribution < -0.4 is 10.5 Å². The van der Waals surface area contributed by atoms with Crippen LogP contribution in [0.3, 0.4) is 0 Å². The third kappa shape index (κ3) is 1.94. The maximum Gasteiger partial charge on any atom is 0.127 e. The van der Waals surface area contributed by atoms with Crippen molar-refractivity contribution in [2.45, 2.75) is 12.8 Å². The average molecular weight is 231 g/mol. The molecule has 2 rings (SSSR count). The van der Waals surface area contributed by atoms with Gasteiger partial charge in [-0.25, -0.2) is 0 Å². The van der Waals surface area contributed by atoms with Crippen molar-refractivity contribution in [2.24, 2.45) is 5.73 Å². The Labute approximate surface area is 101 Å². The number of phenolic OH excluding ortho intramolecular Hbond substituents is 1. The van der Waals surface area contributed by atoms with Crippen LogP contribution in [0.5, 0.6) is 11.5 Å². The van der Waals surface area contributed by atoms with Crippen LogP contribution in [-0.4, -0.2) is 18.8 Å². The first-order valence-corrected chi connectivity index (χ1v) is 5.67. The molecule has 3 N–H and O–H groups in total. The van der Waals surface area contributed by atoms with Gasteiger partial charge in [0.2, 0.25) is 0 Å². The summed E-state index contributed by atoms with van der Waals surface area (Å²) >= 11 is 0. The number of methoxy groups -OCH3 is 1. The van der Waals surface area contributed by atoms with E-state index in [9.17, 15) is 5.11 Å². The standard InChI is InChI=1S/C14H17NO2/c1-9(8-15)10-6-7-11-12(14(10)16)4-3-5-13(11)17-2/h3-7,9,16H,8,15H2,1-2H3. The van der Waals surface area contributed by atoms with Crippen LogP contribution in [0.25, 0.3) is 10.8 Å². The predicted molar refractivity (Wildman–Crippen MR) is 69.6 cm³/mol. The van der Waals surface area contributed by atoms with Crippen LogP contribution >= 0.6 is 0 Å². The van der Waals surface area contributed by atoms with Gasteiger partial charge in [0.05, 0.1) is 7.11 Å². The Kier molecular flexibility index (Phi) is 3.20. The topological polar surface area (TPSA) is 55.5 Å². The summed E-state index contributed by atoms with van der Waals surface area (Å²) in [6.45, 7) is 2.52. The van der Waals surface area contributed by atoms with E-state index in [0.29, 0.717) is 12.3 Å². The number of hydrogen-bond acceptors (Lipinski definition) is 3. The number of ether oxygens (including phenoxy) is 1. The molecule has 0 aliphatic heterocycles. The summed E-state index contributed by atoms with van der Waals surface area (Å²) in [5.41, 5.74) is 6.52. The van der Waals surface area contributed by atoms with E-state index in [1.165, 1.54) is 0 Å². The van der Waals surface area contributed by atoms with Crippen molar-refractivity contribution < 1.29 is 9.84 Å². The summed E-state index contributed by atoms with van der Waals surface area (Å²) in [4.78, 5) is 0. The van der Waals surface area contributed by atoms with E-state index in [2.05, 4.69) is 0 Å². The van der Waals surface area contributed by atoms with E-state index in [1.54, 1.807) is 7.11 Å². The average Bonchev–Trinajstić information content (AvgIpc) is 2.38. The second-order valence-corrected chi connectivity index (χ2v) is 4.20. The first-order chi connectivity index (χ1) is 8.19. The van der Waals surface area contributed by atoms with Gasteiger partial charge in [-0.05, 0) is 24.1 Å². The lowest BCUT2D eigenvalue weighted by Crippen LogP contribution is -2.09. The summed E-state index contributed by atoms with van der Waals surface area (Å²) in [7, 11) is 1.63. The first-order valence-electron chi connectivity index (χ1n) is 5.67. The van der Waals surface area contributed by atoms with Crippen LogP contribution in [0, 0.1) is 0 Å². The summed E-state index contributed by atoms with van der Waals surface area (Å²) in [5.74, 6) is 1.22. The Morgan fingerprint density at radius 1 is 1.24 bits per heavy atom. The summed E-state index contributed by atoms with van der Waals surface area (Å²) in [5, 5.41) is 12.0. The maximum absolute atomic E-state index is 10.3. The fourth-order valence-electron chi connectivity index (χ4n) is 2.03. The Morgan fingerprint density at radius 3 is 2.65 bits per heavy atom. The molecule has 3 nitrogen and oxygen atoms in total. The van der Waals surface area contributed by atoms with Gasteiger partial charge in [-0.1, -0.05) is 31.2 Å². The number of phenols is 1. The molecule has 90 valence electrons. The lowest BCUT2D eigenvalue weighted by atomic mass is 9.96. The zero-order valence-electron chi connectivity index (χ0n) is 10.1. The molecule has 0 saturated carbocycles. The number of benzene rings is 2. The number of rotatable bonds is 3. The lowest BCUT2D eigenvalue weighted by Gasteiger charge is -2.14. The number of aromatic hydroxyl groups is 1. The highest BCUT2D eigenvalue weighted by Gasteiger charge is 2.13. The van der Waals surface area contributed by atoms with Gasteiger partial charge >= 0.3 is 0 Å². The van der Waals surface area contributed by atoms with Crippen LogP contribution in [0.2, 0.25) is 0 Å². The zero-order chi connectivity index (χ0) is 12.4. The first kappa shape index (κ1) is 11.7. The SMILES string of the molecule is COc1cccc2c(O)c(C(C)CN)ccc12. The lowest BCUT2D eigenvalue weighted by molar-refractivity contribution is 0.419. The molecule has 0 aromatic heterocycles. The largest absolute Gasteiger partial charge is 0.507 e. The third-order valence-electron chi connectivity index (χ3n) is 3.13. The highest BCUT2D eigenvalue weighted by molar-refractivity contribution is 5.94. The van der Waals surface area contributed by atoms with Gasteiger partial charge in [0, 0.05) is 10.8 Å². The molecule has 0 amide bonds. The van der Waals surface area contributed by atoms with Crippen molar-refractivity contribution in [3.8, 4) is 11.5 Å². The van der Waals surface area contributed by atoms with Crippen LogP contribution in [0.4, 0.5) is 0 Å². The van der Waals surface area contributed by atoms with Gasteiger partial charge in [0.25, 0.3) is 0 Å². The minimum atomic E-state index is 0.144. The van der Waals surface area contributed by atoms with Crippen molar-refractivity contribution in [3.63, 3.8) is 0 Å². The number of hydrogen-bond donors (Lipinski definition) is 2. The number of fused-ring (bicyclic) bond motifs is 1. The minimum Gasteiger partial charge on any atom is -0.507 e. The Balaban J connectivity index is 2.68. The van der Waals surface area contributed by atoms with Crippen molar-refractivity contribution in [2.75, 3.05) is 13.7 Å². The fourth-order valence-corrected chi connectivity index (χ4v) is 2.03. The molecule has 0 spiro atoms. The molecular weight excluding hydrogens is 214 g/mol. The van der Waals surface area contributed by atoms with Gasteiger partial charge in [-0.3, -0.25) is 0 Å². The number of nitrogens with two attached hydrogens (primary N) is 1. The van der Waals surface area contributed by atoms with Crippen molar-refractivity contribution >= 4 is 10.8 Å². The molecule has 0 aliphatic carbocycles. The minimum absolute atomic E-state index is 0.144. The van der Waals surface area contributed by atoms with Crippen molar-refractivity contribution in [1.82, 2.24) is 0 Å². The van der Waals surface area contributed by atoms with E-state index in [-0.39, 0.29) is 5.92 Å². The van der Waals surface area contributed by atoms with Gasteiger partial charge in [0.1, 0.15) is 11.5 Å². The highest BCUT2D eigenvalue weighted by Crippen LogP contribution is 2.36. The second kappa shape index (κ2) is 4.63. The van der Waals surface area contributed by atoms with Crippen LogP contribution in [0.15, 0.2) is 30.3 Å². The van der Waals surface area contributed by atoms with Gasteiger partial charge in [-0.2, -0.15) is 0 Å². The van der Waals surface area contributed by atoms with Crippen molar-refractivity contribution in [1.29, 1.82) is 0 Å². The predicted octanol–water partition coefficient (Wildman–Crippen LogP) is 2.62. The molecular formula is C14H17NO2. The maximum atomic E-state index is 10.3.